The van der Waals surface area contributed by atoms with Crippen LogP contribution in [0, 0.1) is 0 Å². The van der Waals surface area contributed by atoms with Crippen LogP contribution < -0.4 is 5.32 Å². The standard InChI is InChI=1S/C22H18ClN3O3S3/c1-2-29-22(28)26-10-9-12-16(11-26)32-21(25-19(27)15-7-8-17(23)30-15)18(12)20-24-13-5-3-4-6-14(13)31-20/h3-8H,2,9-11H2,1H3,(H,25,27). The van der Waals surface area contributed by atoms with Crippen LogP contribution in [-0.4, -0.2) is 35.0 Å². The lowest BCUT2D eigenvalue weighted by atomic mass is 10.0. The van der Waals surface area contributed by atoms with E-state index in [4.69, 9.17) is 21.3 Å². The first kappa shape index (κ1) is 21.4. The lowest BCUT2D eigenvalue weighted by molar-refractivity contribution is 0.102. The number of aromatic nitrogens is 1. The molecular formula is C22H18ClN3O3S3. The van der Waals surface area contributed by atoms with E-state index in [0.717, 1.165) is 36.2 Å². The Morgan fingerprint density at radius 2 is 2.03 bits per heavy atom. The van der Waals surface area contributed by atoms with E-state index in [-0.39, 0.29) is 12.0 Å². The van der Waals surface area contributed by atoms with E-state index in [9.17, 15) is 9.59 Å². The molecule has 4 heterocycles. The maximum Gasteiger partial charge on any atom is 0.410 e. The minimum Gasteiger partial charge on any atom is -0.450 e. The molecule has 1 aliphatic heterocycles. The third-order valence-corrected chi connectivity index (χ3v) is 8.53. The molecule has 0 aliphatic carbocycles. The Morgan fingerprint density at radius 1 is 1.19 bits per heavy atom. The summed E-state index contributed by atoms with van der Waals surface area (Å²) < 4.78 is 6.84. The van der Waals surface area contributed by atoms with Gasteiger partial charge in [0.1, 0.15) is 10.0 Å². The van der Waals surface area contributed by atoms with Crippen molar-refractivity contribution in [2.45, 2.75) is 19.9 Å². The molecule has 0 spiro atoms. The number of carbonyl (C=O) groups is 2. The van der Waals surface area contributed by atoms with E-state index >= 15 is 0 Å². The third-order valence-electron chi connectivity index (χ3n) is 5.11. The quantitative estimate of drug-likeness (QED) is 0.344. The monoisotopic (exact) mass is 503 g/mol. The molecule has 4 aromatic rings. The normalized spacial score (nSPS) is 13.2. The Balaban J connectivity index is 1.55. The Hall–Kier alpha value is -2.46. The van der Waals surface area contributed by atoms with Gasteiger partial charge in [0.2, 0.25) is 0 Å². The van der Waals surface area contributed by atoms with Crippen molar-refractivity contribution in [3.05, 3.63) is 56.1 Å². The first-order chi connectivity index (χ1) is 15.5. The second-order valence-corrected chi connectivity index (χ2v) is 11.0. The van der Waals surface area contributed by atoms with Gasteiger partial charge in [0.15, 0.2) is 0 Å². The summed E-state index contributed by atoms with van der Waals surface area (Å²) >= 11 is 10.4. The fourth-order valence-electron chi connectivity index (χ4n) is 3.67. The van der Waals surface area contributed by atoms with Crippen molar-refractivity contribution < 1.29 is 14.3 Å². The summed E-state index contributed by atoms with van der Waals surface area (Å²) in [6, 6.07) is 11.4. The lowest BCUT2D eigenvalue weighted by Crippen LogP contribution is -2.35. The van der Waals surface area contributed by atoms with Crippen LogP contribution in [0.3, 0.4) is 0 Å². The van der Waals surface area contributed by atoms with E-state index < -0.39 is 0 Å². The molecule has 6 nitrogen and oxygen atoms in total. The maximum absolute atomic E-state index is 12.9. The highest BCUT2D eigenvalue weighted by molar-refractivity contribution is 7.23. The summed E-state index contributed by atoms with van der Waals surface area (Å²) in [6.45, 7) is 3.16. The highest BCUT2D eigenvalue weighted by Crippen LogP contribution is 2.46. The summed E-state index contributed by atoms with van der Waals surface area (Å²) in [5, 5.41) is 4.69. The molecule has 0 unspecified atom stereocenters. The predicted molar refractivity (Wildman–Crippen MR) is 131 cm³/mol. The minimum atomic E-state index is -0.313. The smallest absolute Gasteiger partial charge is 0.410 e. The number of hydrogen-bond donors (Lipinski definition) is 1. The van der Waals surface area contributed by atoms with Gasteiger partial charge in [-0.2, -0.15) is 0 Å². The van der Waals surface area contributed by atoms with Crippen molar-refractivity contribution in [3.63, 3.8) is 0 Å². The largest absolute Gasteiger partial charge is 0.450 e. The molecule has 0 saturated heterocycles. The van der Waals surface area contributed by atoms with E-state index in [2.05, 4.69) is 5.32 Å². The van der Waals surface area contributed by atoms with Crippen molar-refractivity contribution in [1.82, 2.24) is 9.88 Å². The number of nitrogens with zero attached hydrogens (tertiary/aromatic N) is 2. The minimum absolute atomic E-state index is 0.204. The number of fused-ring (bicyclic) bond motifs is 2. The van der Waals surface area contributed by atoms with Gasteiger partial charge in [0.25, 0.3) is 5.91 Å². The maximum atomic E-state index is 12.9. The van der Waals surface area contributed by atoms with E-state index in [1.54, 1.807) is 35.3 Å². The molecule has 1 aromatic carbocycles. The number of thiophene rings is 2. The fraction of sp³-hybridized carbons (Fsp3) is 0.227. The number of rotatable bonds is 4. The molecule has 0 fully saturated rings. The highest BCUT2D eigenvalue weighted by Gasteiger charge is 2.30. The average Bonchev–Trinajstić information content (AvgIpc) is 3.48. The van der Waals surface area contributed by atoms with Crippen molar-refractivity contribution in [3.8, 4) is 10.6 Å². The summed E-state index contributed by atoms with van der Waals surface area (Å²) in [5.74, 6) is -0.204. The van der Waals surface area contributed by atoms with Crippen LogP contribution in [0.15, 0.2) is 36.4 Å². The molecule has 2 amide bonds. The van der Waals surface area contributed by atoms with Gasteiger partial charge in [0, 0.05) is 17.0 Å². The molecule has 0 radical (unpaired) electrons. The zero-order chi connectivity index (χ0) is 22.2. The molecule has 164 valence electrons. The molecule has 0 saturated carbocycles. The van der Waals surface area contributed by atoms with Crippen LogP contribution in [0.25, 0.3) is 20.8 Å². The predicted octanol–water partition coefficient (Wildman–Crippen LogP) is 6.51. The lowest BCUT2D eigenvalue weighted by Gasteiger charge is -2.26. The SMILES string of the molecule is CCOC(=O)N1CCc2c(sc(NC(=O)c3ccc(Cl)s3)c2-c2nc3ccccc3s2)C1. The number of nitrogens with one attached hydrogen (secondary N) is 1. The van der Waals surface area contributed by atoms with Crippen molar-refractivity contribution in [2.24, 2.45) is 0 Å². The van der Waals surface area contributed by atoms with Crippen LogP contribution in [0.1, 0.15) is 27.0 Å². The van der Waals surface area contributed by atoms with Gasteiger partial charge >= 0.3 is 6.09 Å². The summed E-state index contributed by atoms with van der Waals surface area (Å²) in [5.41, 5.74) is 3.01. The number of carbonyl (C=O) groups excluding carboxylic acids is 2. The summed E-state index contributed by atoms with van der Waals surface area (Å²) in [6.07, 6.45) is 0.364. The molecular weight excluding hydrogens is 486 g/mol. The van der Waals surface area contributed by atoms with Gasteiger partial charge in [-0.15, -0.1) is 34.0 Å². The average molecular weight is 504 g/mol. The van der Waals surface area contributed by atoms with Crippen molar-refractivity contribution in [2.75, 3.05) is 18.5 Å². The van der Waals surface area contributed by atoms with E-state index in [0.29, 0.717) is 35.3 Å². The molecule has 0 atom stereocenters. The van der Waals surface area contributed by atoms with Crippen LogP contribution in [-0.2, 0) is 17.7 Å². The first-order valence-corrected chi connectivity index (χ1v) is 12.8. The van der Waals surface area contributed by atoms with Gasteiger partial charge in [0.05, 0.1) is 32.6 Å². The van der Waals surface area contributed by atoms with Gasteiger partial charge in [-0.25, -0.2) is 9.78 Å². The van der Waals surface area contributed by atoms with Crippen molar-refractivity contribution in [1.29, 1.82) is 0 Å². The summed E-state index contributed by atoms with van der Waals surface area (Å²) in [7, 11) is 0. The second kappa shape index (κ2) is 8.82. The first-order valence-electron chi connectivity index (χ1n) is 10.0. The number of anilines is 1. The number of halogens is 1. The number of hydrogen-bond acceptors (Lipinski definition) is 7. The second-order valence-electron chi connectivity index (χ2n) is 7.12. The van der Waals surface area contributed by atoms with Gasteiger partial charge < -0.3 is 15.0 Å². The van der Waals surface area contributed by atoms with Crippen LogP contribution >= 0.6 is 45.6 Å². The third kappa shape index (κ3) is 4.01. The topological polar surface area (TPSA) is 71.5 Å². The number of para-hydroxylation sites is 1. The molecule has 1 aliphatic rings. The van der Waals surface area contributed by atoms with Crippen molar-refractivity contribution >= 4 is 72.8 Å². The zero-order valence-electron chi connectivity index (χ0n) is 17.0. The van der Waals surface area contributed by atoms with Crippen LogP contribution in [0.2, 0.25) is 4.34 Å². The Kier molecular flexibility index (Phi) is 5.90. The zero-order valence-corrected chi connectivity index (χ0v) is 20.2. The molecule has 1 N–H and O–H groups in total. The van der Waals surface area contributed by atoms with Crippen LogP contribution in [0.5, 0.6) is 0 Å². The summed E-state index contributed by atoms with van der Waals surface area (Å²) in [4.78, 5) is 33.3. The Labute approximate surface area is 201 Å². The van der Waals surface area contributed by atoms with Crippen LogP contribution in [0.4, 0.5) is 9.80 Å². The molecule has 5 rings (SSSR count). The molecule has 32 heavy (non-hydrogen) atoms. The number of ether oxygens (including phenoxy) is 1. The highest BCUT2D eigenvalue weighted by atomic mass is 35.5. The Morgan fingerprint density at radius 3 is 2.78 bits per heavy atom. The number of benzene rings is 1. The van der Waals surface area contributed by atoms with Gasteiger partial charge in [-0.05, 0) is 43.2 Å². The number of amides is 2. The number of thiazole rings is 1. The van der Waals surface area contributed by atoms with E-state index in [1.807, 2.05) is 24.3 Å². The van der Waals surface area contributed by atoms with Gasteiger partial charge in [-0.3, -0.25) is 4.79 Å². The fourth-order valence-corrected chi connectivity index (χ4v) is 6.98. The molecule has 0 bridgehead atoms. The molecule has 10 heteroatoms. The van der Waals surface area contributed by atoms with Gasteiger partial charge in [-0.1, -0.05) is 23.7 Å². The Bertz CT molecular complexity index is 1290. The van der Waals surface area contributed by atoms with E-state index in [1.165, 1.54) is 22.7 Å². The molecule has 3 aromatic heterocycles.